The van der Waals surface area contributed by atoms with E-state index in [4.69, 9.17) is 29.6 Å². The summed E-state index contributed by atoms with van der Waals surface area (Å²) < 4.78 is 27.7. The summed E-state index contributed by atoms with van der Waals surface area (Å²) in [6.07, 6.45) is 4.95. The van der Waals surface area contributed by atoms with Gasteiger partial charge >= 0.3 is 0 Å². The first kappa shape index (κ1) is 17.0. The number of thioether (sulfide) groups is 1. The molecular weight excluding hydrogens is 348 g/mol. The molecular formula is C13H17ClN2O2S3. The fraction of sp³-hybridized carbons (Fsp3) is 0.462. The predicted molar refractivity (Wildman–Crippen MR) is 92.6 cm³/mol. The van der Waals surface area contributed by atoms with Crippen LogP contribution >= 0.6 is 35.6 Å². The number of nitrogens with two attached hydrogens (primary N) is 1. The summed E-state index contributed by atoms with van der Waals surface area (Å²) in [5.41, 5.74) is 6.00. The summed E-state index contributed by atoms with van der Waals surface area (Å²) in [5, 5.41) is 0.573. The van der Waals surface area contributed by atoms with Gasteiger partial charge in [-0.2, -0.15) is 11.8 Å². The average Bonchev–Trinajstić information content (AvgIpc) is 2.84. The molecule has 2 unspecified atom stereocenters. The van der Waals surface area contributed by atoms with Crippen molar-refractivity contribution in [1.82, 2.24) is 4.72 Å². The molecule has 21 heavy (non-hydrogen) atoms. The van der Waals surface area contributed by atoms with Crippen molar-refractivity contribution in [2.75, 3.05) is 6.26 Å². The molecule has 0 aromatic heterocycles. The standard InChI is InChI=1S/C13H17ClN2O2S3/c1-20-12-4-2-3-11(12)16-21(17,18)8-5-6-9(13(15)19)10(14)7-8/h5-7,11-12,16H,2-4H2,1H3,(H2,15,19). The third kappa shape index (κ3) is 3.90. The van der Waals surface area contributed by atoms with Gasteiger partial charge < -0.3 is 5.73 Å². The van der Waals surface area contributed by atoms with Gasteiger partial charge in [0.15, 0.2) is 0 Å². The minimum absolute atomic E-state index is 0.0287. The Hall–Kier alpha value is -0.340. The average molecular weight is 365 g/mol. The van der Waals surface area contributed by atoms with Gasteiger partial charge in [0, 0.05) is 16.9 Å². The van der Waals surface area contributed by atoms with Gasteiger partial charge in [-0.25, -0.2) is 13.1 Å². The van der Waals surface area contributed by atoms with E-state index in [1.54, 1.807) is 17.8 Å². The summed E-state index contributed by atoms with van der Waals surface area (Å²) in [5.74, 6) is 0. The lowest BCUT2D eigenvalue weighted by molar-refractivity contribution is 0.555. The van der Waals surface area contributed by atoms with Crippen molar-refractivity contribution in [3.05, 3.63) is 28.8 Å². The number of hydrogen-bond acceptors (Lipinski definition) is 4. The molecule has 1 aliphatic rings. The van der Waals surface area contributed by atoms with E-state index in [2.05, 4.69) is 4.72 Å². The monoisotopic (exact) mass is 364 g/mol. The van der Waals surface area contributed by atoms with Crippen molar-refractivity contribution >= 4 is 50.6 Å². The van der Waals surface area contributed by atoms with E-state index < -0.39 is 10.0 Å². The summed E-state index contributed by atoms with van der Waals surface area (Å²) in [7, 11) is -3.58. The van der Waals surface area contributed by atoms with Gasteiger partial charge in [-0.05, 0) is 37.3 Å². The Balaban J connectivity index is 2.23. The Morgan fingerprint density at radius 1 is 1.48 bits per heavy atom. The maximum absolute atomic E-state index is 12.4. The number of sulfonamides is 1. The van der Waals surface area contributed by atoms with Crippen molar-refractivity contribution in [3.8, 4) is 0 Å². The first-order valence-corrected chi connectivity index (χ1v) is 10.1. The molecule has 2 rings (SSSR count). The van der Waals surface area contributed by atoms with Crippen molar-refractivity contribution < 1.29 is 8.42 Å². The second kappa shape index (κ2) is 6.83. The molecule has 0 spiro atoms. The normalized spacial score (nSPS) is 22.4. The Morgan fingerprint density at radius 3 is 2.76 bits per heavy atom. The highest BCUT2D eigenvalue weighted by atomic mass is 35.5. The minimum Gasteiger partial charge on any atom is -0.389 e. The smallest absolute Gasteiger partial charge is 0.240 e. The number of nitrogens with one attached hydrogen (secondary N) is 1. The molecule has 1 aromatic carbocycles. The van der Waals surface area contributed by atoms with E-state index in [1.165, 1.54) is 12.1 Å². The molecule has 0 aliphatic heterocycles. The zero-order valence-corrected chi connectivity index (χ0v) is 14.7. The van der Waals surface area contributed by atoms with Gasteiger partial charge in [-0.3, -0.25) is 0 Å². The zero-order chi connectivity index (χ0) is 15.6. The third-order valence-electron chi connectivity index (χ3n) is 3.58. The molecule has 2 atom stereocenters. The number of hydrogen-bond donors (Lipinski definition) is 2. The molecule has 1 fully saturated rings. The number of benzene rings is 1. The molecule has 0 amide bonds. The van der Waals surface area contributed by atoms with Crippen LogP contribution in [0.5, 0.6) is 0 Å². The van der Waals surface area contributed by atoms with E-state index in [1.807, 2.05) is 6.26 Å². The summed E-state index contributed by atoms with van der Waals surface area (Å²) >= 11 is 12.6. The van der Waals surface area contributed by atoms with Crippen LogP contribution in [0.25, 0.3) is 0 Å². The maximum Gasteiger partial charge on any atom is 0.240 e. The molecule has 8 heteroatoms. The lowest BCUT2D eigenvalue weighted by Gasteiger charge is -2.19. The first-order chi connectivity index (χ1) is 9.85. The van der Waals surface area contributed by atoms with Crippen molar-refractivity contribution in [2.45, 2.75) is 35.4 Å². The predicted octanol–water partition coefficient (Wildman–Crippen LogP) is 2.54. The highest BCUT2D eigenvalue weighted by molar-refractivity contribution is 7.99. The Morgan fingerprint density at radius 2 is 2.19 bits per heavy atom. The highest BCUT2D eigenvalue weighted by Crippen LogP contribution is 2.30. The number of halogens is 1. The minimum atomic E-state index is -3.58. The second-order valence-electron chi connectivity index (χ2n) is 4.94. The Kier molecular flexibility index (Phi) is 5.54. The van der Waals surface area contributed by atoms with Crippen LogP contribution in [0.1, 0.15) is 24.8 Å². The van der Waals surface area contributed by atoms with Crippen LogP contribution in [0.4, 0.5) is 0 Å². The fourth-order valence-corrected chi connectivity index (χ4v) is 5.41. The Bertz CT molecular complexity index is 649. The van der Waals surface area contributed by atoms with E-state index in [9.17, 15) is 8.42 Å². The molecule has 1 saturated carbocycles. The number of thiocarbonyl (C=S) groups is 1. The molecule has 0 heterocycles. The van der Waals surface area contributed by atoms with Gasteiger partial charge in [-0.15, -0.1) is 0 Å². The number of rotatable bonds is 5. The van der Waals surface area contributed by atoms with Gasteiger partial charge in [0.2, 0.25) is 10.0 Å². The maximum atomic E-state index is 12.4. The lowest BCUT2D eigenvalue weighted by atomic mass is 10.2. The highest BCUT2D eigenvalue weighted by Gasteiger charge is 2.30. The third-order valence-corrected chi connectivity index (χ3v) is 6.77. The van der Waals surface area contributed by atoms with Gasteiger partial charge in [0.05, 0.1) is 9.92 Å². The molecule has 0 bridgehead atoms. The van der Waals surface area contributed by atoms with Gasteiger partial charge in [0.25, 0.3) is 0 Å². The van der Waals surface area contributed by atoms with E-state index >= 15 is 0 Å². The summed E-state index contributed by atoms with van der Waals surface area (Å²) in [6, 6.07) is 4.38. The first-order valence-electron chi connectivity index (χ1n) is 6.49. The van der Waals surface area contributed by atoms with Crippen LogP contribution in [0.2, 0.25) is 5.02 Å². The van der Waals surface area contributed by atoms with Crippen LogP contribution in [0.15, 0.2) is 23.1 Å². The van der Waals surface area contributed by atoms with Gasteiger partial charge in [-0.1, -0.05) is 30.2 Å². The van der Waals surface area contributed by atoms with Crippen molar-refractivity contribution in [3.63, 3.8) is 0 Å². The van der Waals surface area contributed by atoms with Crippen LogP contribution in [-0.4, -0.2) is 31.0 Å². The van der Waals surface area contributed by atoms with Gasteiger partial charge in [0.1, 0.15) is 4.99 Å². The van der Waals surface area contributed by atoms with Crippen LogP contribution in [-0.2, 0) is 10.0 Å². The molecule has 0 saturated heterocycles. The Labute approximate surface area is 139 Å². The largest absolute Gasteiger partial charge is 0.389 e. The SMILES string of the molecule is CSC1CCCC1NS(=O)(=O)c1ccc(C(N)=S)c(Cl)c1. The van der Waals surface area contributed by atoms with Crippen LogP contribution in [0.3, 0.4) is 0 Å². The van der Waals surface area contributed by atoms with E-state index in [0.717, 1.165) is 19.3 Å². The fourth-order valence-electron chi connectivity index (χ4n) is 2.47. The lowest BCUT2D eigenvalue weighted by Crippen LogP contribution is -2.38. The summed E-state index contributed by atoms with van der Waals surface area (Å²) in [4.78, 5) is 0.286. The molecule has 4 nitrogen and oxygen atoms in total. The molecule has 116 valence electrons. The molecule has 0 radical (unpaired) electrons. The van der Waals surface area contributed by atoms with Crippen molar-refractivity contribution in [2.24, 2.45) is 5.73 Å². The zero-order valence-electron chi connectivity index (χ0n) is 11.5. The topological polar surface area (TPSA) is 72.2 Å². The van der Waals surface area contributed by atoms with E-state index in [0.29, 0.717) is 10.8 Å². The quantitative estimate of drug-likeness (QED) is 0.785. The van der Waals surface area contributed by atoms with E-state index in [-0.39, 0.29) is 20.9 Å². The molecule has 1 aromatic rings. The van der Waals surface area contributed by atoms with Crippen LogP contribution in [0, 0.1) is 0 Å². The molecule has 3 N–H and O–H groups in total. The van der Waals surface area contributed by atoms with Crippen LogP contribution < -0.4 is 10.5 Å². The summed E-state index contributed by atoms with van der Waals surface area (Å²) in [6.45, 7) is 0. The second-order valence-corrected chi connectivity index (χ2v) is 8.58. The van der Waals surface area contributed by atoms with Crippen molar-refractivity contribution in [1.29, 1.82) is 0 Å². The molecule has 1 aliphatic carbocycles.